The minimum absolute atomic E-state index is 0.0915. The van der Waals surface area contributed by atoms with Crippen LogP contribution in [0.25, 0.3) is 0 Å². The lowest BCUT2D eigenvalue weighted by atomic mass is 10.1. The Kier molecular flexibility index (Phi) is 5.26. The highest BCUT2D eigenvalue weighted by Crippen LogP contribution is 2.45. The van der Waals surface area contributed by atoms with Gasteiger partial charge in [0.05, 0.1) is 6.04 Å². The van der Waals surface area contributed by atoms with E-state index in [1.165, 1.54) is 18.2 Å². The van der Waals surface area contributed by atoms with Crippen LogP contribution < -0.4 is 5.73 Å². The fourth-order valence-corrected chi connectivity index (χ4v) is 3.20. The number of nitrogens with zero attached hydrogens (tertiary/aromatic N) is 3. The van der Waals surface area contributed by atoms with Crippen molar-refractivity contribution < 1.29 is 18.3 Å². The first-order valence-corrected chi connectivity index (χ1v) is 9.16. The molecular formula is C19H26F2N4O2. The highest BCUT2D eigenvalue weighted by atomic mass is 19.1. The Hall–Kier alpha value is -2.38. The van der Waals surface area contributed by atoms with Gasteiger partial charge < -0.3 is 20.3 Å². The minimum atomic E-state index is -0.540. The molecule has 2 N–H and O–H groups in total. The Labute approximate surface area is 158 Å². The smallest absolute Gasteiger partial charge is 0.410 e. The number of benzene rings is 1. The van der Waals surface area contributed by atoms with Crippen LogP contribution in [0.1, 0.15) is 38.7 Å². The summed E-state index contributed by atoms with van der Waals surface area (Å²) in [6.07, 6.45) is 0.242. The van der Waals surface area contributed by atoms with Crippen LogP contribution in [0.3, 0.4) is 0 Å². The van der Waals surface area contributed by atoms with Crippen molar-refractivity contribution in [3.8, 4) is 0 Å². The van der Waals surface area contributed by atoms with Gasteiger partial charge in [-0.1, -0.05) is 6.07 Å². The summed E-state index contributed by atoms with van der Waals surface area (Å²) >= 11 is 0. The quantitative estimate of drug-likeness (QED) is 0.633. The van der Waals surface area contributed by atoms with Gasteiger partial charge >= 0.3 is 6.09 Å². The molecule has 1 amide bonds. The van der Waals surface area contributed by atoms with E-state index in [9.17, 15) is 13.6 Å². The van der Waals surface area contributed by atoms with Gasteiger partial charge in [0.15, 0.2) is 5.96 Å². The fourth-order valence-electron chi connectivity index (χ4n) is 3.20. The van der Waals surface area contributed by atoms with Crippen LogP contribution in [-0.2, 0) is 4.74 Å². The van der Waals surface area contributed by atoms with Crippen LogP contribution in [0, 0.1) is 11.6 Å². The zero-order valence-electron chi connectivity index (χ0n) is 15.9. The van der Waals surface area contributed by atoms with Crippen molar-refractivity contribution in [3.63, 3.8) is 0 Å². The second-order valence-electron chi connectivity index (χ2n) is 7.99. The van der Waals surface area contributed by atoms with Gasteiger partial charge in [0.25, 0.3) is 0 Å². The van der Waals surface area contributed by atoms with E-state index in [-0.39, 0.29) is 23.6 Å². The normalized spacial score (nSPS) is 23.4. The number of nitrogens with two attached hydrogens (primary N) is 1. The molecule has 2 unspecified atom stereocenters. The van der Waals surface area contributed by atoms with Gasteiger partial charge in [-0.05, 0) is 39.3 Å². The van der Waals surface area contributed by atoms with E-state index < -0.39 is 17.2 Å². The molecule has 148 valence electrons. The molecule has 1 aromatic carbocycles. The van der Waals surface area contributed by atoms with E-state index in [2.05, 4.69) is 4.99 Å². The van der Waals surface area contributed by atoms with Gasteiger partial charge in [-0.3, -0.25) is 0 Å². The maximum absolute atomic E-state index is 13.9. The van der Waals surface area contributed by atoms with Crippen molar-refractivity contribution in [2.45, 2.75) is 44.8 Å². The van der Waals surface area contributed by atoms with Crippen LogP contribution in [-0.4, -0.2) is 59.7 Å². The second-order valence-corrected chi connectivity index (χ2v) is 7.99. The maximum atomic E-state index is 13.9. The van der Waals surface area contributed by atoms with Crippen LogP contribution in [0.4, 0.5) is 13.6 Å². The maximum Gasteiger partial charge on any atom is 0.410 e. The van der Waals surface area contributed by atoms with E-state index >= 15 is 0 Å². The monoisotopic (exact) mass is 380 g/mol. The Morgan fingerprint density at radius 3 is 2.26 bits per heavy atom. The van der Waals surface area contributed by atoms with Crippen molar-refractivity contribution in [1.29, 1.82) is 0 Å². The molecule has 27 heavy (non-hydrogen) atoms. The first-order valence-electron chi connectivity index (χ1n) is 9.16. The first kappa shape index (κ1) is 19.4. The van der Waals surface area contributed by atoms with E-state index in [4.69, 9.17) is 10.5 Å². The third-order valence-electron chi connectivity index (χ3n) is 4.68. The molecule has 1 saturated carbocycles. The molecule has 3 rings (SSSR count). The molecule has 1 saturated heterocycles. The highest BCUT2D eigenvalue weighted by molar-refractivity contribution is 5.79. The zero-order chi connectivity index (χ0) is 19.8. The lowest BCUT2D eigenvalue weighted by Gasteiger charge is -2.36. The van der Waals surface area contributed by atoms with Gasteiger partial charge in [-0.15, -0.1) is 0 Å². The summed E-state index contributed by atoms with van der Waals surface area (Å²) in [6, 6.07) is 3.67. The number of rotatable bonds is 2. The number of hydrogen-bond acceptors (Lipinski definition) is 3. The molecule has 1 aliphatic heterocycles. The molecule has 1 aliphatic carbocycles. The van der Waals surface area contributed by atoms with Gasteiger partial charge in [0.1, 0.15) is 17.2 Å². The van der Waals surface area contributed by atoms with Gasteiger partial charge in [-0.2, -0.15) is 0 Å². The molecule has 1 heterocycles. The highest BCUT2D eigenvalue weighted by Gasteiger charge is 2.42. The molecule has 0 radical (unpaired) electrons. The SMILES string of the molecule is CC(C)(C)OC(=O)N1CCN(C(N)=NC2CC2c2c(F)cccc2F)CC1. The van der Waals surface area contributed by atoms with Crippen molar-refractivity contribution in [2.75, 3.05) is 26.2 Å². The standard InChI is InChI=1S/C19H26F2N4O2/c1-19(2,3)27-18(26)25-9-7-24(8-10-25)17(22)23-15-11-12(15)16-13(20)5-4-6-14(16)21/h4-6,12,15H,7-11H2,1-3H3,(H2,22,23). The molecule has 2 aliphatic rings. The van der Waals surface area contributed by atoms with Gasteiger partial charge in [-0.25, -0.2) is 18.6 Å². The first-order chi connectivity index (χ1) is 12.7. The number of guanidine groups is 1. The predicted octanol–water partition coefficient (Wildman–Crippen LogP) is 2.69. The van der Waals surface area contributed by atoms with E-state index in [0.717, 1.165) is 0 Å². The summed E-state index contributed by atoms with van der Waals surface area (Å²) in [7, 11) is 0. The van der Waals surface area contributed by atoms with E-state index in [1.807, 2.05) is 25.7 Å². The third-order valence-corrected chi connectivity index (χ3v) is 4.68. The predicted molar refractivity (Wildman–Crippen MR) is 98.5 cm³/mol. The average Bonchev–Trinajstić information content (AvgIpc) is 3.32. The zero-order valence-corrected chi connectivity index (χ0v) is 15.9. The van der Waals surface area contributed by atoms with Crippen LogP contribution in [0.5, 0.6) is 0 Å². The third kappa shape index (κ3) is 4.67. The summed E-state index contributed by atoms with van der Waals surface area (Å²) < 4.78 is 33.1. The number of halogens is 2. The Bertz CT molecular complexity index is 719. The Morgan fingerprint density at radius 2 is 1.70 bits per heavy atom. The van der Waals surface area contributed by atoms with Crippen LogP contribution in [0.15, 0.2) is 23.2 Å². The van der Waals surface area contributed by atoms with Gasteiger partial charge in [0.2, 0.25) is 0 Å². The van der Waals surface area contributed by atoms with Crippen LogP contribution in [0.2, 0.25) is 0 Å². The minimum Gasteiger partial charge on any atom is -0.444 e. The van der Waals surface area contributed by atoms with Crippen LogP contribution >= 0.6 is 0 Å². The molecule has 1 aromatic rings. The number of hydrogen-bond donors (Lipinski definition) is 1. The summed E-state index contributed by atoms with van der Waals surface area (Å²) in [6.45, 7) is 7.55. The number of carbonyl (C=O) groups excluding carboxylic acids is 1. The van der Waals surface area contributed by atoms with Crippen molar-refractivity contribution in [3.05, 3.63) is 35.4 Å². The largest absolute Gasteiger partial charge is 0.444 e. The molecule has 2 fully saturated rings. The summed E-state index contributed by atoms with van der Waals surface area (Å²) in [5, 5.41) is 0. The summed E-state index contributed by atoms with van der Waals surface area (Å²) in [4.78, 5) is 20.1. The number of amides is 1. The number of aliphatic imine (C=N–C) groups is 1. The molecule has 0 aromatic heterocycles. The Morgan fingerprint density at radius 1 is 1.15 bits per heavy atom. The van der Waals surface area contributed by atoms with Gasteiger partial charge in [0, 0.05) is 37.7 Å². The number of piperazine rings is 1. The fraction of sp³-hybridized carbons (Fsp3) is 0.579. The molecule has 0 bridgehead atoms. The molecular weight excluding hydrogens is 354 g/mol. The summed E-state index contributed by atoms with van der Waals surface area (Å²) in [5.74, 6) is -1.000. The number of ether oxygens (including phenoxy) is 1. The number of carbonyl (C=O) groups is 1. The van der Waals surface area contributed by atoms with Crippen molar-refractivity contribution >= 4 is 12.1 Å². The lowest BCUT2D eigenvalue weighted by Crippen LogP contribution is -2.53. The van der Waals surface area contributed by atoms with Crippen molar-refractivity contribution in [1.82, 2.24) is 9.80 Å². The second kappa shape index (κ2) is 7.32. The topological polar surface area (TPSA) is 71.2 Å². The molecule has 0 spiro atoms. The van der Waals surface area contributed by atoms with Crippen molar-refractivity contribution in [2.24, 2.45) is 10.7 Å². The average molecular weight is 380 g/mol. The van der Waals surface area contributed by atoms with E-state index in [0.29, 0.717) is 38.6 Å². The summed E-state index contributed by atoms with van der Waals surface area (Å²) in [5.41, 5.74) is 5.64. The molecule has 6 nitrogen and oxygen atoms in total. The lowest BCUT2D eigenvalue weighted by molar-refractivity contribution is 0.0186. The van der Waals surface area contributed by atoms with E-state index in [1.54, 1.807) is 4.90 Å². The Balaban J connectivity index is 1.54. The molecule has 8 heteroatoms. The molecule has 2 atom stereocenters.